The molecule has 2 amide bonds. The Hall–Kier alpha value is -3.20. The normalized spacial score (nSPS) is 32.4. The quantitative estimate of drug-likeness (QED) is 0.758. The summed E-state index contributed by atoms with van der Waals surface area (Å²) in [5.41, 5.74) is 1.21. The van der Waals surface area contributed by atoms with Crippen LogP contribution in [-0.2, 0) is 0 Å². The molecule has 6 rings (SSSR count). The van der Waals surface area contributed by atoms with E-state index in [1.54, 1.807) is 23.1 Å². The van der Waals surface area contributed by atoms with Crippen molar-refractivity contribution in [2.75, 3.05) is 19.6 Å². The first-order valence-electron chi connectivity index (χ1n) is 11.0. The molecule has 0 aromatic heterocycles. The van der Waals surface area contributed by atoms with Gasteiger partial charge in [-0.1, -0.05) is 18.7 Å². The van der Waals surface area contributed by atoms with Crippen molar-refractivity contribution >= 4 is 24.2 Å². The zero-order valence-corrected chi connectivity index (χ0v) is 17.6. The number of aliphatic hydroxyl groups excluding tert-OH is 1. The lowest BCUT2D eigenvalue weighted by atomic mass is 9.98. The summed E-state index contributed by atoms with van der Waals surface area (Å²) in [4.78, 5) is 21.4. The number of aliphatic hydroxyl groups is 1. The van der Waals surface area contributed by atoms with Gasteiger partial charge in [-0.05, 0) is 42.2 Å². The number of halogens is 1. The summed E-state index contributed by atoms with van der Waals surface area (Å²) in [6, 6.07) is 4.49. The zero-order valence-electron chi connectivity index (χ0n) is 17.6. The number of amidine groups is 1. The van der Waals surface area contributed by atoms with Crippen molar-refractivity contribution in [3.05, 3.63) is 54.0 Å². The molecule has 0 bridgehead atoms. The van der Waals surface area contributed by atoms with Gasteiger partial charge in [-0.25, -0.2) is 19.2 Å². The van der Waals surface area contributed by atoms with E-state index < -0.39 is 11.8 Å². The fourth-order valence-electron chi connectivity index (χ4n) is 5.41. The van der Waals surface area contributed by atoms with Gasteiger partial charge in [0, 0.05) is 19.0 Å². The van der Waals surface area contributed by atoms with Crippen molar-refractivity contribution < 1.29 is 14.3 Å². The minimum Gasteiger partial charge on any atom is -0.389 e. The van der Waals surface area contributed by atoms with Gasteiger partial charge in [-0.2, -0.15) is 5.10 Å². The van der Waals surface area contributed by atoms with E-state index in [4.69, 9.17) is 4.99 Å². The van der Waals surface area contributed by atoms with Crippen molar-refractivity contribution in [2.24, 2.45) is 16.0 Å². The van der Waals surface area contributed by atoms with Gasteiger partial charge in [0.1, 0.15) is 11.7 Å². The van der Waals surface area contributed by atoms with Crippen LogP contribution in [0.1, 0.15) is 30.0 Å². The zero-order chi connectivity index (χ0) is 22.0. The molecule has 1 saturated carbocycles. The lowest BCUT2D eigenvalue weighted by Crippen LogP contribution is -2.58. The monoisotopic (exact) mass is 436 g/mol. The summed E-state index contributed by atoms with van der Waals surface area (Å²) in [5, 5.41) is 18.8. The molecule has 5 aliphatic rings. The van der Waals surface area contributed by atoms with Crippen molar-refractivity contribution in [2.45, 2.75) is 36.7 Å². The number of hydrogen-bond donors (Lipinski definition) is 2. The molecule has 3 fully saturated rings. The first-order chi connectivity index (χ1) is 15.5. The molecule has 0 radical (unpaired) electrons. The largest absolute Gasteiger partial charge is 0.389 e. The highest BCUT2D eigenvalue weighted by Gasteiger charge is 2.73. The van der Waals surface area contributed by atoms with E-state index in [2.05, 4.69) is 21.9 Å². The number of nitrogens with zero attached hydrogens (tertiary/aromatic N) is 5. The van der Waals surface area contributed by atoms with E-state index in [0.717, 1.165) is 36.3 Å². The molecule has 4 atom stereocenters. The van der Waals surface area contributed by atoms with E-state index in [9.17, 15) is 14.3 Å². The Labute approximate surface area is 185 Å². The number of carbonyl (C=O) groups excluding carboxylic acids is 1. The van der Waals surface area contributed by atoms with Crippen LogP contribution in [0.2, 0.25) is 0 Å². The third-order valence-corrected chi connectivity index (χ3v) is 7.18. The summed E-state index contributed by atoms with van der Waals surface area (Å²) in [6.45, 7) is 5.43. The van der Waals surface area contributed by atoms with E-state index >= 15 is 0 Å². The predicted octanol–water partition coefficient (Wildman–Crippen LogP) is 1.91. The van der Waals surface area contributed by atoms with Crippen molar-refractivity contribution in [3.63, 3.8) is 0 Å². The second kappa shape index (κ2) is 6.90. The molecule has 1 aromatic carbocycles. The smallest absolute Gasteiger partial charge is 0.317 e. The van der Waals surface area contributed by atoms with Crippen LogP contribution in [0, 0.1) is 11.7 Å². The van der Waals surface area contributed by atoms with Crippen molar-refractivity contribution in [1.29, 1.82) is 0 Å². The average Bonchev–Trinajstić information content (AvgIpc) is 3.14. The van der Waals surface area contributed by atoms with Gasteiger partial charge in [0.25, 0.3) is 0 Å². The number of hydrogen-bond acceptors (Lipinski definition) is 6. The first-order valence-corrected chi connectivity index (χ1v) is 11.0. The van der Waals surface area contributed by atoms with Crippen LogP contribution in [-0.4, -0.2) is 75.4 Å². The van der Waals surface area contributed by atoms with Gasteiger partial charge in [0.15, 0.2) is 5.66 Å². The summed E-state index contributed by atoms with van der Waals surface area (Å²) in [5.74, 6) is 0.569. The molecule has 1 aromatic rings. The third-order valence-electron chi connectivity index (χ3n) is 7.18. The molecule has 8 nitrogen and oxygen atoms in total. The number of benzene rings is 1. The highest BCUT2D eigenvalue weighted by molar-refractivity contribution is 5.96. The van der Waals surface area contributed by atoms with Crippen LogP contribution in [0.15, 0.2) is 47.1 Å². The van der Waals surface area contributed by atoms with Crippen LogP contribution in [0.3, 0.4) is 0 Å². The number of carbonyl (C=O) groups is 1. The number of β-amino-alcohol motifs (C(OH)–C–C–N with tert-alkyl or cyclic N) is 1. The van der Waals surface area contributed by atoms with Crippen molar-refractivity contribution in [1.82, 2.24) is 20.1 Å². The number of likely N-dealkylation sites (tertiary alicyclic amines) is 2. The van der Waals surface area contributed by atoms with Gasteiger partial charge in [-0.3, -0.25) is 0 Å². The molecule has 4 aliphatic heterocycles. The molecule has 32 heavy (non-hydrogen) atoms. The molecule has 1 aliphatic carbocycles. The molecule has 4 heterocycles. The number of urea groups is 1. The Balaban J connectivity index is 1.27. The Bertz CT molecular complexity index is 1080. The Kier molecular flexibility index (Phi) is 4.20. The second-order valence-corrected chi connectivity index (χ2v) is 9.02. The van der Waals surface area contributed by atoms with Crippen LogP contribution in [0.25, 0.3) is 6.08 Å². The van der Waals surface area contributed by atoms with Crippen LogP contribution < -0.4 is 5.32 Å². The maximum atomic E-state index is 14.1. The SMILES string of the molecule is C=Cc1ccc(F)cc1[C@H]1CCCN1C1=NC23C(C=NN2C=C1)C3NC(=O)N1CC(O)C1. The number of hydrazone groups is 1. The summed E-state index contributed by atoms with van der Waals surface area (Å²) in [6.07, 6.45) is 8.92. The van der Waals surface area contributed by atoms with E-state index in [-0.39, 0.29) is 29.8 Å². The minimum absolute atomic E-state index is 0.00319. The van der Waals surface area contributed by atoms with Crippen LogP contribution in [0.5, 0.6) is 0 Å². The Morgan fingerprint density at radius 1 is 1.38 bits per heavy atom. The summed E-state index contributed by atoms with van der Waals surface area (Å²) < 4.78 is 14.1. The molecule has 2 N–H and O–H groups in total. The average molecular weight is 436 g/mol. The molecule has 166 valence electrons. The first kappa shape index (κ1) is 19.5. The fraction of sp³-hybridized carbons (Fsp3) is 0.435. The van der Waals surface area contributed by atoms with E-state index in [0.29, 0.717) is 13.1 Å². The summed E-state index contributed by atoms with van der Waals surface area (Å²) >= 11 is 0. The van der Waals surface area contributed by atoms with Crippen LogP contribution >= 0.6 is 0 Å². The topological polar surface area (TPSA) is 83.8 Å². The molecule has 2 saturated heterocycles. The maximum Gasteiger partial charge on any atom is 0.317 e. The van der Waals surface area contributed by atoms with Gasteiger partial charge in [0.05, 0.1) is 37.2 Å². The highest BCUT2D eigenvalue weighted by Crippen LogP contribution is 2.54. The van der Waals surface area contributed by atoms with Gasteiger partial charge in [0.2, 0.25) is 0 Å². The lowest BCUT2D eigenvalue weighted by Gasteiger charge is -2.36. The molecule has 3 unspecified atom stereocenters. The molecular formula is C23H25FN6O2. The van der Waals surface area contributed by atoms with Gasteiger partial charge in [-0.15, -0.1) is 0 Å². The van der Waals surface area contributed by atoms with Crippen molar-refractivity contribution in [3.8, 4) is 0 Å². The van der Waals surface area contributed by atoms with E-state index in [1.165, 1.54) is 6.07 Å². The number of amides is 2. The summed E-state index contributed by atoms with van der Waals surface area (Å²) in [7, 11) is 0. The van der Waals surface area contributed by atoms with Gasteiger partial charge >= 0.3 is 6.03 Å². The fourth-order valence-corrected chi connectivity index (χ4v) is 5.41. The Morgan fingerprint density at radius 2 is 2.22 bits per heavy atom. The molecule has 1 spiro atoms. The number of rotatable bonds is 3. The molecule has 9 heteroatoms. The predicted molar refractivity (Wildman–Crippen MR) is 118 cm³/mol. The number of aliphatic imine (C=N–C) groups is 1. The Morgan fingerprint density at radius 3 is 3.00 bits per heavy atom. The standard InChI is InChI=1S/C23H25FN6O2/c1-2-14-5-6-15(24)10-17(14)19-4-3-8-29(19)20-7-9-30-23(27-20)18(11-25-30)21(23)26-22(32)28-12-16(31)13-28/h2,5-7,9-11,16,18-19,21,31H,1,3-4,8,12-13H2,(H,26,32)/t18?,19-,21?,23?/m1/s1. The second-order valence-electron chi connectivity index (χ2n) is 9.02. The van der Waals surface area contributed by atoms with Gasteiger partial charge < -0.3 is 20.2 Å². The third kappa shape index (κ3) is 2.73. The van der Waals surface area contributed by atoms with E-state index in [1.807, 2.05) is 23.5 Å². The maximum absolute atomic E-state index is 14.1. The molecular weight excluding hydrogens is 411 g/mol. The number of nitrogens with one attached hydrogen (secondary N) is 1. The van der Waals surface area contributed by atoms with Crippen LogP contribution in [0.4, 0.5) is 9.18 Å². The lowest BCUT2D eigenvalue weighted by molar-refractivity contribution is 0.0261. The highest BCUT2D eigenvalue weighted by atomic mass is 19.1. The minimum atomic E-state index is -0.639.